The number of hydrogen-bond donors (Lipinski definition) is 0. The molecule has 2 unspecified atom stereocenters. The molecule has 9 nitrogen and oxygen atoms in total. The Balaban J connectivity index is 2.63. The molecule has 0 aliphatic carbocycles. The molecule has 5 atom stereocenters. The predicted molar refractivity (Wildman–Crippen MR) is 132 cm³/mol. The van der Waals surface area contributed by atoms with Gasteiger partial charge in [-0.3, -0.25) is 14.4 Å². The third kappa shape index (κ3) is 11.7. The number of carbonyl (C=O) groups excluding carboxylic acids is 3. The number of hydrogen-bond acceptors (Lipinski definition) is 10. The first-order valence-electron chi connectivity index (χ1n) is 11.7. The van der Waals surface area contributed by atoms with Crippen LogP contribution in [0, 0.1) is 0 Å². The summed E-state index contributed by atoms with van der Waals surface area (Å²) in [5.74, 6) is 0.394. The standard InChI is InChI=1S/C22H39O9SSi2/c1-7-18-19(27-15(2)23)20(28-16(3)24)21(29-17(4)25)22(30-18)26-11-8-9-12-32-13-10-14-34(5,6)31-33/h18-22H,7-14H2,1-6H3/t18?,19-,20-,21?,22-/m1/s1. The number of unbranched alkanes of at least 4 members (excludes halogenated alkanes) is 1. The molecule has 195 valence electrons. The minimum absolute atomic E-state index is 0.390. The van der Waals surface area contributed by atoms with Crippen molar-refractivity contribution in [3.8, 4) is 0 Å². The summed E-state index contributed by atoms with van der Waals surface area (Å²) in [6.45, 7) is 10.4. The Morgan fingerprint density at radius 2 is 1.44 bits per heavy atom. The zero-order chi connectivity index (χ0) is 25.7. The minimum Gasteiger partial charge on any atom is -0.457 e. The van der Waals surface area contributed by atoms with Crippen LogP contribution in [0.25, 0.3) is 0 Å². The molecular formula is C22H39O9SSi2. The molecule has 1 saturated heterocycles. The van der Waals surface area contributed by atoms with Crippen LogP contribution in [0.3, 0.4) is 0 Å². The second kappa shape index (κ2) is 15.9. The summed E-state index contributed by atoms with van der Waals surface area (Å²) in [5, 5.41) is 0. The molecule has 1 aliphatic rings. The van der Waals surface area contributed by atoms with E-state index in [4.69, 9.17) is 27.8 Å². The zero-order valence-corrected chi connectivity index (χ0v) is 23.9. The van der Waals surface area contributed by atoms with Crippen LogP contribution in [0.15, 0.2) is 0 Å². The molecule has 0 aromatic carbocycles. The van der Waals surface area contributed by atoms with Crippen LogP contribution in [0.4, 0.5) is 0 Å². The lowest BCUT2D eigenvalue weighted by molar-refractivity contribution is -0.304. The smallest absolute Gasteiger partial charge is 0.303 e. The summed E-state index contributed by atoms with van der Waals surface area (Å²) in [6, 6.07) is 1.11. The van der Waals surface area contributed by atoms with Gasteiger partial charge in [0.2, 0.25) is 10.5 Å². The van der Waals surface area contributed by atoms with E-state index in [1.54, 1.807) is 0 Å². The van der Waals surface area contributed by atoms with Crippen molar-refractivity contribution in [3.63, 3.8) is 0 Å². The van der Waals surface area contributed by atoms with E-state index in [9.17, 15) is 14.4 Å². The molecular weight excluding hydrogens is 496 g/mol. The van der Waals surface area contributed by atoms with Gasteiger partial charge >= 0.3 is 17.9 Å². The van der Waals surface area contributed by atoms with Gasteiger partial charge in [0.15, 0.2) is 32.9 Å². The fourth-order valence-electron chi connectivity index (χ4n) is 3.58. The molecule has 0 saturated carbocycles. The Bertz CT molecular complexity index is 650. The first kappa shape index (κ1) is 31.1. The van der Waals surface area contributed by atoms with Gasteiger partial charge < -0.3 is 27.8 Å². The average Bonchev–Trinajstić information content (AvgIpc) is 2.74. The maximum atomic E-state index is 11.8. The van der Waals surface area contributed by atoms with Crippen molar-refractivity contribution >= 4 is 48.5 Å². The van der Waals surface area contributed by atoms with Gasteiger partial charge in [-0.2, -0.15) is 11.8 Å². The van der Waals surface area contributed by atoms with E-state index in [0.717, 1.165) is 36.8 Å². The molecule has 1 heterocycles. The van der Waals surface area contributed by atoms with Gasteiger partial charge in [-0.25, -0.2) is 0 Å². The van der Waals surface area contributed by atoms with Crippen LogP contribution in [0.1, 0.15) is 53.4 Å². The van der Waals surface area contributed by atoms with Crippen molar-refractivity contribution in [1.29, 1.82) is 0 Å². The fourth-order valence-corrected chi connectivity index (χ4v) is 6.23. The normalized spacial score (nSPS) is 25.0. The fraction of sp³-hybridized carbons (Fsp3) is 0.864. The highest BCUT2D eigenvalue weighted by molar-refractivity contribution is 7.99. The van der Waals surface area contributed by atoms with Crippen molar-refractivity contribution in [3.05, 3.63) is 0 Å². The van der Waals surface area contributed by atoms with Crippen LogP contribution in [0.2, 0.25) is 19.1 Å². The molecule has 0 amide bonds. The molecule has 0 aromatic rings. The van der Waals surface area contributed by atoms with E-state index in [1.165, 1.54) is 20.8 Å². The van der Waals surface area contributed by atoms with E-state index in [0.29, 0.717) is 13.0 Å². The van der Waals surface area contributed by atoms with E-state index < -0.39 is 56.9 Å². The Morgan fingerprint density at radius 3 is 2.00 bits per heavy atom. The lowest BCUT2D eigenvalue weighted by atomic mass is 9.96. The highest BCUT2D eigenvalue weighted by atomic mass is 32.2. The van der Waals surface area contributed by atoms with Gasteiger partial charge in [0, 0.05) is 27.4 Å². The highest BCUT2D eigenvalue weighted by Crippen LogP contribution is 2.31. The summed E-state index contributed by atoms with van der Waals surface area (Å²) in [5.41, 5.74) is 0. The molecule has 1 rings (SSSR count). The van der Waals surface area contributed by atoms with Gasteiger partial charge in [-0.1, -0.05) is 6.92 Å². The van der Waals surface area contributed by atoms with Gasteiger partial charge in [0.25, 0.3) is 0 Å². The minimum atomic E-state index is -1.56. The molecule has 0 N–H and O–H groups in total. The van der Waals surface area contributed by atoms with Crippen molar-refractivity contribution < 1.29 is 42.2 Å². The van der Waals surface area contributed by atoms with E-state index in [1.807, 2.05) is 18.7 Å². The van der Waals surface area contributed by atoms with Gasteiger partial charge in [0.1, 0.15) is 6.10 Å². The maximum Gasteiger partial charge on any atom is 0.303 e. The Labute approximate surface area is 211 Å². The molecule has 34 heavy (non-hydrogen) atoms. The summed E-state index contributed by atoms with van der Waals surface area (Å²) < 4.78 is 33.5. The summed E-state index contributed by atoms with van der Waals surface area (Å²) >= 11 is 1.91. The van der Waals surface area contributed by atoms with Crippen LogP contribution in [0.5, 0.6) is 0 Å². The third-order valence-corrected chi connectivity index (χ3v) is 10.1. The Kier molecular flexibility index (Phi) is 14.6. The zero-order valence-electron chi connectivity index (χ0n) is 21.1. The van der Waals surface area contributed by atoms with Crippen LogP contribution < -0.4 is 0 Å². The highest BCUT2D eigenvalue weighted by Gasteiger charge is 2.51. The monoisotopic (exact) mass is 535 g/mol. The van der Waals surface area contributed by atoms with Crippen molar-refractivity contribution in [2.45, 2.75) is 103 Å². The number of rotatable bonds is 15. The summed E-state index contributed by atoms with van der Waals surface area (Å²) in [4.78, 5) is 35.2. The molecule has 1 aliphatic heterocycles. The Hall–Kier alpha value is -0.926. The molecule has 3 radical (unpaired) electrons. The van der Waals surface area contributed by atoms with Crippen molar-refractivity contribution in [2.24, 2.45) is 0 Å². The topological polar surface area (TPSA) is 107 Å². The molecule has 0 bridgehead atoms. The second-order valence-corrected chi connectivity index (χ2v) is 14.9. The summed E-state index contributed by atoms with van der Waals surface area (Å²) in [7, 11) is 1.61. The molecule has 1 fully saturated rings. The summed E-state index contributed by atoms with van der Waals surface area (Å²) in [6.07, 6.45) is -1.12. The van der Waals surface area contributed by atoms with Crippen LogP contribution >= 0.6 is 11.8 Å². The van der Waals surface area contributed by atoms with E-state index >= 15 is 0 Å². The lowest BCUT2D eigenvalue weighted by Crippen LogP contribution is -2.61. The second-order valence-electron chi connectivity index (χ2n) is 8.83. The van der Waals surface area contributed by atoms with Crippen molar-refractivity contribution in [1.82, 2.24) is 0 Å². The number of esters is 3. The van der Waals surface area contributed by atoms with Crippen molar-refractivity contribution in [2.75, 3.05) is 18.1 Å². The number of carbonyl (C=O) groups is 3. The first-order chi connectivity index (χ1) is 16.0. The maximum absolute atomic E-state index is 11.8. The third-order valence-electron chi connectivity index (χ3n) is 5.21. The quantitative estimate of drug-likeness (QED) is 0.134. The molecule has 0 spiro atoms. The molecule has 0 aromatic heterocycles. The largest absolute Gasteiger partial charge is 0.457 e. The van der Waals surface area contributed by atoms with Gasteiger partial charge in [-0.15, -0.1) is 0 Å². The SMILES string of the molecule is CCC1O[C@@H](OCCCCSCCC[Si](C)(C)O[Si])C(OC(C)=O)[C@H](OC(C)=O)[C@@H]1OC(C)=O. The molecule has 12 heteroatoms. The first-order valence-corrected chi connectivity index (χ1v) is 16.4. The Morgan fingerprint density at radius 1 is 0.882 bits per heavy atom. The van der Waals surface area contributed by atoms with Crippen LogP contribution in [-0.2, 0) is 42.2 Å². The number of thioether (sulfide) groups is 1. The number of ether oxygens (including phenoxy) is 5. The van der Waals surface area contributed by atoms with Crippen LogP contribution in [-0.4, -0.2) is 85.5 Å². The van der Waals surface area contributed by atoms with Gasteiger partial charge in [0.05, 0.1) is 0 Å². The lowest BCUT2D eigenvalue weighted by Gasteiger charge is -2.44. The van der Waals surface area contributed by atoms with E-state index in [2.05, 4.69) is 23.6 Å². The average molecular weight is 536 g/mol. The predicted octanol–water partition coefficient (Wildman–Crippen LogP) is 3.14. The van der Waals surface area contributed by atoms with Gasteiger partial charge in [-0.05, 0) is 56.3 Å². The van der Waals surface area contributed by atoms with E-state index in [-0.39, 0.29) is 0 Å².